The van der Waals surface area contributed by atoms with Gasteiger partial charge in [-0.25, -0.2) is 4.99 Å². The van der Waals surface area contributed by atoms with E-state index in [0.717, 1.165) is 50.1 Å². The van der Waals surface area contributed by atoms with Crippen molar-refractivity contribution < 1.29 is 4.74 Å². The summed E-state index contributed by atoms with van der Waals surface area (Å²) in [4.78, 5) is 9.31. The number of amidine groups is 1. The maximum atomic E-state index is 6.10. The third-order valence-corrected chi connectivity index (χ3v) is 3.79. The molecule has 0 aromatic rings. The number of nitrogens with zero attached hydrogens (tertiary/aromatic N) is 3. The van der Waals surface area contributed by atoms with Gasteiger partial charge < -0.3 is 20.3 Å². The molecular formula is C15H22N4O. The first kappa shape index (κ1) is 13.4. The molecule has 0 aromatic carbocycles. The molecule has 0 unspecified atom stereocenters. The highest BCUT2D eigenvalue weighted by Crippen LogP contribution is 2.24. The molecule has 0 aliphatic carbocycles. The van der Waals surface area contributed by atoms with Gasteiger partial charge >= 0.3 is 0 Å². The lowest BCUT2D eigenvalue weighted by atomic mass is 10.0. The second kappa shape index (κ2) is 5.42. The molecule has 3 rings (SSSR count). The molecule has 0 amide bonds. The number of hydrogen-bond acceptors (Lipinski definition) is 5. The topological polar surface area (TPSA) is 54.1 Å². The largest absolute Gasteiger partial charge is 0.378 e. The van der Waals surface area contributed by atoms with Gasteiger partial charge in [-0.1, -0.05) is 0 Å². The lowest BCUT2D eigenvalue weighted by Gasteiger charge is -2.36. The molecule has 0 spiro atoms. The van der Waals surface area contributed by atoms with E-state index in [1.807, 2.05) is 6.92 Å². The smallest absolute Gasteiger partial charge is 0.140 e. The maximum absolute atomic E-state index is 6.10. The van der Waals surface area contributed by atoms with Gasteiger partial charge in [0.05, 0.1) is 13.2 Å². The van der Waals surface area contributed by atoms with E-state index in [1.54, 1.807) is 0 Å². The van der Waals surface area contributed by atoms with E-state index in [-0.39, 0.29) is 6.04 Å². The van der Waals surface area contributed by atoms with Crippen LogP contribution in [-0.4, -0.2) is 54.5 Å². The minimum Gasteiger partial charge on any atom is -0.378 e. The predicted octanol–water partition coefficient (Wildman–Crippen LogP) is 1.07. The Labute approximate surface area is 120 Å². The van der Waals surface area contributed by atoms with E-state index in [1.165, 1.54) is 5.57 Å². The summed E-state index contributed by atoms with van der Waals surface area (Å²) in [5, 5.41) is 0. The number of rotatable bonds is 2. The van der Waals surface area contributed by atoms with E-state index in [9.17, 15) is 0 Å². The molecule has 5 nitrogen and oxygen atoms in total. The van der Waals surface area contributed by atoms with Crippen LogP contribution in [0.1, 0.15) is 13.8 Å². The summed E-state index contributed by atoms with van der Waals surface area (Å²) in [5.74, 6) is 2.05. The Morgan fingerprint density at radius 2 is 2.10 bits per heavy atom. The molecule has 3 aliphatic rings. The number of ether oxygens (including phenoxy) is 1. The first-order valence-corrected chi connectivity index (χ1v) is 7.19. The van der Waals surface area contributed by atoms with Gasteiger partial charge in [-0.3, -0.25) is 0 Å². The summed E-state index contributed by atoms with van der Waals surface area (Å²) in [6.45, 7) is 8.34. The lowest BCUT2D eigenvalue weighted by molar-refractivity contribution is 0.0527. The van der Waals surface area contributed by atoms with Crippen molar-refractivity contribution >= 4 is 5.84 Å². The summed E-state index contributed by atoms with van der Waals surface area (Å²) in [6, 6.07) is -0.0102. The quantitative estimate of drug-likeness (QED) is 0.818. The fraction of sp³-hybridized carbons (Fsp3) is 0.533. The molecule has 0 saturated carbocycles. The SMILES string of the molecule is CC1=CN2CC=C(N3CCOCC3)N=C2C([C@@H](C)N)=C1. The number of nitrogens with two attached hydrogens (primary N) is 1. The summed E-state index contributed by atoms with van der Waals surface area (Å²) >= 11 is 0. The van der Waals surface area contributed by atoms with Crippen molar-refractivity contribution in [2.45, 2.75) is 19.9 Å². The fourth-order valence-corrected chi connectivity index (χ4v) is 2.75. The highest BCUT2D eigenvalue weighted by atomic mass is 16.5. The molecular weight excluding hydrogens is 252 g/mol. The van der Waals surface area contributed by atoms with Crippen molar-refractivity contribution in [2.24, 2.45) is 10.7 Å². The van der Waals surface area contributed by atoms with Gasteiger partial charge in [-0.15, -0.1) is 0 Å². The van der Waals surface area contributed by atoms with Crippen molar-refractivity contribution in [1.82, 2.24) is 9.80 Å². The Hall–Kier alpha value is -1.59. The van der Waals surface area contributed by atoms with Crippen LogP contribution >= 0.6 is 0 Å². The number of aliphatic imine (C=N–C) groups is 1. The van der Waals surface area contributed by atoms with Crippen LogP contribution < -0.4 is 5.73 Å². The molecule has 5 heteroatoms. The minimum atomic E-state index is -0.0102. The normalized spacial score (nSPS) is 24.4. The van der Waals surface area contributed by atoms with Crippen LogP contribution in [0.25, 0.3) is 0 Å². The second-order valence-electron chi connectivity index (χ2n) is 5.51. The average molecular weight is 274 g/mol. The van der Waals surface area contributed by atoms with Crippen molar-refractivity contribution in [1.29, 1.82) is 0 Å². The standard InChI is InChI=1S/C15H22N4O/c1-11-9-13(12(2)16)15-17-14(3-4-19(15)10-11)18-5-7-20-8-6-18/h3,9-10,12H,4-8,16H2,1-2H3/t12-/m1/s1. The number of fused-ring (bicyclic) bond motifs is 1. The van der Waals surface area contributed by atoms with Crippen LogP contribution in [0, 0.1) is 0 Å². The van der Waals surface area contributed by atoms with Gasteiger partial charge in [0.1, 0.15) is 11.7 Å². The molecule has 1 atom stereocenters. The van der Waals surface area contributed by atoms with Crippen LogP contribution in [-0.2, 0) is 4.74 Å². The fourth-order valence-electron chi connectivity index (χ4n) is 2.75. The van der Waals surface area contributed by atoms with Crippen LogP contribution in [0.4, 0.5) is 0 Å². The van der Waals surface area contributed by atoms with Gasteiger partial charge in [0, 0.05) is 37.4 Å². The predicted molar refractivity (Wildman–Crippen MR) is 80.1 cm³/mol. The molecule has 1 fully saturated rings. The highest BCUT2D eigenvalue weighted by Gasteiger charge is 2.25. The van der Waals surface area contributed by atoms with Crippen LogP contribution in [0.3, 0.4) is 0 Å². The Morgan fingerprint density at radius 1 is 1.35 bits per heavy atom. The van der Waals surface area contributed by atoms with Gasteiger partial charge in [-0.05, 0) is 31.6 Å². The van der Waals surface area contributed by atoms with Gasteiger partial charge in [-0.2, -0.15) is 0 Å². The number of hydrogen-bond donors (Lipinski definition) is 1. The molecule has 0 bridgehead atoms. The van der Waals surface area contributed by atoms with E-state index in [0.29, 0.717) is 0 Å². The summed E-state index contributed by atoms with van der Waals surface area (Å²) < 4.78 is 5.40. The van der Waals surface area contributed by atoms with E-state index in [2.05, 4.69) is 35.1 Å². The number of allylic oxidation sites excluding steroid dienone is 2. The monoisotopic (exact) mass is 274 g/mol. The van der Waals surface area contributed by atoms with Gasteiger partial charge in [0.15, 0.2) is 0 Å². The van der Waals surface area contributed by atoms with Crippen LogP contribution in [0.2, 0.25) is 0 Å². The van der Waals surface area contributed by atoms with Crippen LogP contribution in [0.15, 0.2) is 40.3 Å². The van der Waals surface area contributed by atoms with Crippen LogP contribution in [0.5, 0.6) is 0 Å². The van der Waals surface area contributed by atoms with Gasteiger partial charge in [0.25, 0.3) is 0 Å². The minimum absolute atomic E-state index is 0.0102. The third-order valence-electron chi connectivity index (χ3n) is 3.79. The van der Waals surface area contributed by atoms with Crippen molar-refractivity contribution in [3.8, 4) is 0 Å². The maximum Gasteiger partial charge on any atom is 0.140 e. The van der Waals surface area contributed by atoms with Gasteiger partial charge in [0.2, 0.25) is 0 Å². The summed E-state index contributed by atoms with van der Waals surface area (Å²) in [6.07, 6.45) is 6.46. The van der Waals surface area contributed by atoms with Crippen molar-refractivity contribution in [3.63, 3.8) is 0 Å². The van der Waals surface area contributed by atoms with E-state index >= 15 is 0 Å². The summed E-state index contributed by atoms with van der Waals surface area (Å²) in [7, 11) is 0. The van der Waals surface area contributed by atoms with E-state index in [4.69, 9.17) is 15.5 Å². The molecule has 108 valence electrons. The molecule has 20 heavy (non-hydrogen) atoms. The second-order valence-corrected chi connectivity index (χ2v) is 5.51. The van der Waals surface area contributed by atoms with Crippen molar-refractivity contribution in [2.75, 3.05) is 32.8 Å². The Balaban J connectivity index is 1.88. The molecule has 0 aromatic heterocycles. The highest BCUT2D eigenvalue weighted by molar-refractivity contribution is 6.02. The lowest BCUT2D eigenvalue weighted by Crippen LogP contribution is -2.42. The molecule has 2 N–H and O–H groups in total. The Morgan fingerprint density at radius 3 is 2.80 bits per heavy atom. The zero-order chi connectivity index (χ0) is 14.1. The molecule has 3 heterocycles. The Kier molecular flexibility index (Phi) is 3.63. The first-order chi connectivity index (χ1) is 9.65. The summed E-state index contributed by atoms with van der Waals surface area (Å²) in [5.41, 5.74) is 8.44. The molecule has 3 aliphatic heterocycles. The first-order valence-electron chi connectivity index (χ1n) is 7.19. The number of morpholine rings is 1. The molecule has 1 saturated heterocycles. The zero-order valence-corrected chi connectivity index (χ0v) is 12.2. The zero-order valence-electron chi connectivity index (χ0n) is 12.2. The van der Waals surface area contributed by atoms with Crippen molar-refractivity contribution in [3.05, 3.63) is 35.3 Å². The molecule has 0 radical (unpaired) electrons. The average Bonchev–Trinajstić information content (AvgIpc) is 2.46. The third kappa shape index (κ3) is 2.51. The van der Waals surface area contributed by atoms with E-state index < -0.39 is 0 Å². The Bertz CT molecular complexity index is 510.